The van der Waals surface area contributed by atoms with Crippen LogP contribution in [0.2, 0.25) is 0 Å². The van der Waals surface area contributed by atoms with E-state index < -0.39 is 0 Å². The molecule has 0 aromatic carbocycles. The number of fused-ring (bicyclic) bond motifs is 1. The van der Waals surface area contributed by atoms with Gasteiger partial charge in [-0.1, -0.05) is 6.92 Å². The van der Waals surface area contributed by atoms with E-state index in [9.17, 15) is 9.59 Å². The zero-order valence-corrected chi connectivity index (χ0v) is 17.6. The molecule has 0 spiro atoms. The maximum absolute atomic E-state index is 12.9. The molecule has 0 radical (unpaired) electrons. The Labute approximate surface area is 170 Å². The largest absolute Gasteiger partial charge is 0.462 e. The molecule has 1 amide bonds. The highest BCUT2D eigenvalue weighted by Crippen LogP contribution is 2.40. The minimum atomic E-state index is -0.329. The van der Waals surface area contributed by atoms with Gasteiger partial charge in [-0.15, -0.1) is 11.3 Å². The summed E-state index contributed by atoms with van der Waals surface area (Å²) in [6.07, 6.45) is 5.14. The van der Waals surface area contributed by atoms with Crippen molar-refractivity contribution in [3.8, 4) is 6.07 Å². The van der Waals surface area contributed by atoms with Crippen molar-refractivity contribution in [1.29, 1.82) is 5.26 Å². The first-order chi connectivity index (χ1) is 13.5. The second-order valence-electron chi connectivity index (χ2n) is 7.81. The molecule has 2 aliphatic rings. The molecule has 1 aliphatic heterocycles. The zero-order valence-electron chi connectivity index (χ0n) is 16.8. The molecule has 0 bridgehead atoms. The highest BCUT2D eigenvalue weighted by molar-refractivity contribution is 7.17. The van der Waals surface area contributed by atoms with Gasteiger partial charge in [0.2, 0.25) is 5.91 Å². The molecule has 6 nitrogen and oxygen atoms in total. The van der Waals surface area contributed by atoms with E-state index in [0.717, 1.165) is 44.2 Å². The molecule has 28 heavy (non-hydrogen) atoms. The van der Waals surface area contributed by atoms with Crippen LogP contribution in [0.25, 0.3) is 0 Å². The Morgan fingerprint density at radius 3 is 2.96 bits per heavy atom. The van der Waals surface area contributed by atoms with E-state index in [1.165, 1.54) is 16.2 Å². The van der Waals surface area contributed by atoms with Gasteiger partial charge in [0.05, 0.1) is 24.2 Å². The Morgan fingerprint density at radius 1 is 1.39 bits per heavy atom. The number of carbonyl (C=O) groups excluding carboxylic acids is 2. The molecule has 1 fully saturated rings. The first kappa shape index (κ1) is 20.8. The molecule has 1 N–H and O–H groups in total. The molecule has 1 aromatic heterocycles. The molecule has 2 heterocycles. The number of rotatable bonds is 6. The number of piperidine rings is 1. The minimum absolute atomic E-state index is 0.0288. The Bertz CT molecular complexity index is 768. The van der Waals surface area contributed by atoms with E-state index >= 15 is 0 Å². The zero-order chi connectivity index (χ0) is 20.1. The van der Waals surface area contributed by atoms with Gasteiger partial charge in [-0.25, -0.2) is 4.79 Å². The van der Waals surface area contributed by atoms with Crippen molar-refractivity contribution >= 4 is 28.2 Å². The summed E-state index contributed by atoms with van der Waals surface area (Å²) in [6, 6.07) is 2.17. The summed E-state index contributed by atoms with van der Waals surface area (Å²) in [5, 5.41) is 12.5. The number of amides is 1. The van der Waals surface area contributed by atoms with Crippen LogP contribution in [-0.4, -0.2) is 43.0 Å². The van der Waals surface area contributed by atoms with Crippen molar-refractivity contribution in [3.05, 3.63) is 16.0 Å². The molecule has 152 valence electrons. The van der Waals surface area contributed by atoms with Crippen LogP contribution in [0.15, 0.2) is 0 Å². The lowest BCUT2D eigenvalue weighted by Gasteiger charge is -2.31. The number of ether oxygens (including phenoxy) is 1. The van der Waals surface area contributed by atoms with Crippen LogP contribution < -0.4 is 5.32 Å². The second-order valence-corrected chi connectivity index (χ2v) is 8.92. The van der Waals surface area contributed by atoms with Crippen LogP contribution in [0.5, 0.6) is 0 Å². The summed E-state index contributed by atoms with van der Waals surface area (Å²) in [7, 11) is 0. The average molecular weight is 404 g/mol. The Kier molecular flexibility index (Phi) is 7.08. The number of nitriles is 1. The van der Waals surface area contributed by atoms with Gasteiger partial charge in [0.15, 0.2) is 0 Å². The molecule has 7 heteroatoms. The van der Waals surface area contributed by atoms with Crippen LogP contribution >= 0.6 is 11.3 Å². The van der Waals surface area contributed by atoms with Crippen molar-refractivity contribution in [2.75, 3.05) is 31.6 Å². The summed E-state index contributed by atoms with van der Waals surface area (Å²) in [6.45, 7) is 6.66. The number of esters is 1. The number of thiophene rings is 1. The van der Waals surface area contributed by atoms with Gasteiger partial charge in [-0.3, -0.25) is 4.79 Å². The van der Waals surface area contributed by atoms with Gasteiger partial charge in [0.1, 0.15) is 5.00 Å². The second kappa shape index (κ2) is 9.53. The normalized spacial score (nSPS) is 22.2. The molecular weight excluding hydrogens is 374 g/mol. The first-order valence-electron chi connectivity index (χ1n) is 10.2. The van der Waals surface area contributed by atoms with Gasteiger partial charge >= 0.3 is 5.97 Å². The van der Waals surface area contributed by atoms with Crippen molar-refractivity contribution < 1.29 is 14.3 Å². The number of anilines is 1. The molecule has 0 saturated carbocycles. The first-order valence-corrected chi connectivity index (χ1v) is 11.1. The van der Waals surface area contributed by atoms with Gasteiger partial charge in [0.25, 0.3) is 0 Å². The lowest BCUT2D eigenvalue weighted by molar-refractivity contribution is -0.121. The maximum Gasteiger partial charge on any atom is 0.341 e. The number of hydrogen-bond donors (Lipinski definition) is 1. The Morgan fingerprint density at radius 2 is 2.21 bits per heavy atom. The van der Waals surface area contributed by atoms with Crippen molar-refractivity contribution in [2.45, 2.75) is 52.4 Å². The van der Waals surface area contributed by atoms with E-state index in [0.29, 0.717) is 42.6 Å². The van der Waals surface area contributed by atoms with E-state index in [-0.39, 0.29) is 17.8 Å². The Balaban J connectivity index is 1.76. The summed E-state index contributed by atoms with van der Waals surface area (Å²) >= 11 is 1.54. The monoisotopic (exact) mass is 403 g/mol. The topological polar surface area (TPSA) is 82.4 Å². The van der Waals surface area contributed by atoms with E-state index in [2.05, 4.69) is 23.2 Å². The average Bonchev–Trinajstić information content (AvgIpc) is 3.03. The number of likely N-dealkylation sites (tertiary alicyclic amines) is 1. The third-order valence-electron chi connectivity index (χ3n) is 5.64. The molecule has 1 saturated heterocycles. The van der Waals surface area contributed by atoms with Crippen molar-refractivity contribution in [1.82, 2.24) is 4.90 Å². The van der Waals surface area contributed by atoms with Crippen LogP contribution in [0, 0.1) is 23.2 Å². The smallest absolute Gasteiger partial charge is 0.341 e. The third kappa shape index (κ3) is 4.73. The third-order valence-corrected chi connectivity index (χ3v) is 6.81. The SMILES string of the molecule is CCOC(=O)c1c(NC(=O)C2CCCN(CCC#N)C2)sc2c1CCC(C)C2. The van der Waals surface area contributed by atoms with Gasteiger partial charge in [0, 0.05) is 24.4 Å². The number of nitrogens with one attached hydrogen (secondary N) is 1. The summed E-state index contributed by atoms with van der Waals surface area (Å²) in [4.78, 5) is 28.9. The standard InChI is InChI=1S/C21H29N3O3S/c1-3-27-21(26)18-16-8-7-14(2)12-17(16)28-20(18)23-19(25)15-6-4-10-24(13-15)11-5-9-22/h14-15H,3-8,10-13H2,1-2H3,(H,23,25). The number of nitrogens with zero attached hydrogens (tertiary/aromatic N) is 2. The summed E-state index contributed by atoms with van der Waals surface area (Å²) in [5.41, 5.74) is 1.63. The fraction of sp³-hybridized carbons (Fsp3) is 0.667. The minimum Gasteiger partial charge on any atom is -0.462 e. The van der Waals surface area contributed by atoms with Gasteiger partial charge in [-0.2, -0.15) is 5.26 Å². The predicted molar refractivity (Wildman–Crippen MR) is 109 cm³/mol. The van der Waals surface area contributed by atoms with Crippen LogP contribution in [0.4, 0.5) is 5.00 Å². The van der Waals surface area contributed by atoms with E-state index in [4.69, 9.17) is 10.00 Å². The fourth-order valence-corrected chi connectivity index (χ4v) is 5.55. The van der Waals surface area contributed by atoms with E-state index in [1.54, 1.807) is 6.92 Å². The summed E-state index contributed by atoms with van der Waals surface area (Å²) in [5.74, 6) is 0.125. The molecule has 2 atom stereocenters. The van der Waals surface area contributed by atoms with Gasteiger partial charge < -0.3 is 15.0 Å². The number of hydrogen-bond acceptors (Lipinski definition) is 6. The molecule has 1 aliphatic carbocycles. The predicted octanol–water partition coefficient (Wildman–Crippen LogP) is 3.61. The molecule has 2 unspecified atom stereocenters. The molecule has 3 rings (SSSR count). The van der Waals surface area contributed by atoms with Crippen LogP contribution in [0.1, 0.15) is 60.3 Å². The van der Waals surface area contributed by atoms with Crippen molar-refractivity contribution in [3.63, 3.8) is 0 Å². The highest BCUT2D eigenvalue weighted by Gasteiger charge is 2.31. The lowest BCUT2D eigenvalue weighted by Crippen LogP contribution is -2.41. The number of carbonyl (C=O) groups is 2. The highest BCUT2D eigenvalue weighted by atomic mass is 32.1. The maximum atomic E-state index is 12.9. The Hall–Kier alpha value is -1.91. The fourth-order valence-electron chi connectivity index (χ4n) is 4.15. The van der Waals surface area contributed by atoms with Crippen LogP contribution in [0.3, 0.4) is 0 Å². The van der Waals surface area contributed by atoms with E-state index in [1.807, 2.05) is 0 Å². The lowest BCUT2D eigenvalue weighted by atomic mass is 9.88. The molecular formula is C21H29N3O3S. The van der Waals surface area contributed by atoms with Crippen LogP contribution in [-0.2, 0) is 22.4 Å². The van der Waals surface area contributed by atoms with Crippen molar-refractivity contribution in [2.24, 2.45) is 11.8 Å². The summed E-state index contributed by atoms with van der Waals surface area (Å²) < 4.78 is 5.29. The quantitative estimate of drug-likeness (QED) is 0.734. The molecule has 1 aromatic rings. The van der Waals surface area contributed by atoms with Gasteiger partial charge in [-0.05, 0) is 57.1 Å².